The van der Waals surface area contributed by atoms with Gasteiger partial charge in [-0.1, -0.05) is 58.0 Å². The van der Waals surface area contributed by atoms with Crippen LogP contribution in [-0.2, 0) is 6.42 Å². The first-order valence-electron chi connectivity index (χ1n) is 11.3. The van der Waals surface area contributed by atoms with Crippen molar-refractivity contribution in [2.24, 2.45) is 17.8 Å². The molecule has 1 N–H and O–H groups in total. The lowest BCUT2D eigenvalue weighted by molar-refractivity contribution is 0.0940. The summed E-state index contributed by atoms with van der Waals surface area (Å²) in [5.74, 6) is 2.66. The number of hydrogen-bond donors (Lipinski definition) is 1. The second-order valence-electron chi connectivity index (χ2n) is 7.71. The van der Waals surface area contributed by atoms with E-state index in [2.05, 4.69) is 35.2 Å². The first-order chi connectivity index (χ1) is 14.2. The predicted molar refractivity (Wildman–Crippen MR) is 121 cm³/mol. The molecule has 0 amide bonds. The van der Waals surface area contributed by atoms with Crippen molar-refractivity contribution in [1.29, 1.82) is 0 Å². The number of phenolic OH excluding ortho intramolecular Hbond substituents is 1. The predicted octanol–water partition coefficient (Wildman–Crippen LogP) is 5.83. The number of phenols is 1. The Morgan fingerprint density at radius 2 is 1.45 bits per heavy atom. The van der Waals surface area contributed by atoms with Crippen LogP contribution in [0.3, 0.4) is 0 Å². The van der Waals surface area contributed by atoms with Crippen molar-refractivity contribution in [2.45, 2.75) is 47.0 Å². The second-order valence-corrected chi connectivity index (χ2v) is 7.71. The molecule has 158 valence electrons. The van der Waals surface area contributed by atoms with E-state index < -0.39 is 0 Å². The maximum absolute atomic E-state index is 12.4. The normalized spacial score (nSPS) is 22.7. The van der Waals surface area contributed by atoms with E-state index in [1.54, 1.807) is 24.3 Å². The molecule has 3 heteroatoms. The zero-order chi connectivity index (χ0) is 21.2. The lowest BCUT2D eigenvalue weighted by Gasteiger charge is -2.18. The summed E-state index contributed by atoms with van der Waals surface area (Å²) in [5, 5.41) is 9.34. The summed E-state index contributed by atoms with van der Waals surface area (Å²) in [6, 6.07) is 17.4. The van der Waals surface area contributed by atoms with Crippen LogP contribution in [0.5, 0.6) is 5.75 Å². The first-order valence-corrected chi connectivity index (χ1v) is 11.3. The molecule has 1 aliphatic carbocycles. The molecule has 2 aromatic carbocycles. The monoisotopic (exact) mass is 395 g/mol. The summed E-state index contributed by atoms with van der Waals surface area (Å²) in [6.45, 7) is 10.6. The Labute approximate surface area is 176 Å². The lowest BCUT2D eigenvalue weighted by atomic mass is 9.96. The largest absolute Gasteiger partial charge is 0.508 e. The van der Waals surface area contributed by atoms with Gasteiger partial charge in [-0.2, -0.15) is 0 Å². The second kappa shape index (κ2) is 11.8. The summed E-state index contributed by atoms with van der Waals surface area (Å²) >= 11 is 0. The Morgan fingerprint density at radius 1 is 0.897 bits per heavy atom. The van der Waals surface area contributed by atoms with Gasteiger partial charge in [-0.25, -0.2) is 0 Å². The third-order valence-corrected chi connectivity index (χ3v) is 5.85. The number of Topliss-reactive ketones (excluding diaryl/α,β-unsaturated/α-hetero) is 1. The van der Waals surface area contributed by atoms with Crippen LogP contribution in [0.15, 0.2) is 54.6 Å². The van der Waals surface area contributed by atoms with Crippen LogP contribution in [0.2, 0.25) is 0 Å². The van der Waals surface area contributed by atoms with Crippen molar-refractivity contribution < 1.29 is 9.90 Å². The number of carbonyl (C=O) groups is 1. The van der Waals surface area contributed by atoms with Gasteiger partial charge in [0.15, 0.2) is 5.78 Å². The lowest BCUT2D eigenvalue weighted by Crippen LogP contribution is -2.29. The van der Waals surface area contributed by atoms with Crippen molar-refractivity contribution in [3.05, 3.63) is 65.7 Å². The third kappa shape index (κ3) is 6.43. The SMILES string of the molecule is CC.CC.O=C(CN1C[C@H]2CC(Cc3ccccc3)C[C@H]2C1)c1ccc(O)cc1. The van der Waals surface area contributed by atoms with Crippen LogP contribution in [0.4, 0.5) is 0 Å². The maximum atomic E-state index is 12.4. The first kappa shape index (κ1) is 23.2. The van der Waals surface area contributed by atoms with Gasteiger partial charge in [0.25, 0.3) is 0 Å². The molecule has 0 spiro atoms. The standard InChI is InChI=1S/C22H25NO2.2C2H6/c24-21-8-6-18(7-9-21)22(25)15-23-13-19-11-17(12-20(19)14-23)10-16-4-2-1-3-5-16;2*1-2/h1-9,17,19-20,24H,10-15H2;2*1-2H3/t17?,19-,20+;;. The van der Waals surface area contributed by atoms with Gasteiger partial charge in [-0.3, -0.25) is 9.69 Å². The number of ketones is 1. The van der Waals surface area contributed by atoms with Gasteiger partial charge in [0, 0.05) is 18.7 Å². The van der Waals surface area contributed by atoms with Gasteiger partial charge >= 0.3 is 0 Å². The number of hydrogen-bond acceptors (Lipinski definition) is 3. The molecule has 1 saturated carbocycles. The van der Waals surface area contributed by atoms with E-state index in [1.807, 2.05) is 27.7 Å². The number of rotatable bonds is 5. The minimum atomic E-state index is 0.154. The summed E-state index contributed by atoms with van der Waals surface area (Å²) in [4.78, 5) is 14.7. The average Bonchev–Trinajstić information content (AvgIpc) is 3.30. The Kier molecular flexibility index (Phi) is 9.40. The molecule has 3 nitrogen and oxygen atoms in total. The topological polar surface area (TPSA) is 40.5 Å². The van der Waals surface area contributed by atoms with E-state index in [0.29, 0.717) is 12.1 Å². The number of fused-ring (bicyclic) bond motifs is 1. The maximum Gasteiger partial charge on any atom is 0.176 e. The van der Waals surface area contributed by atoms with E-state index in [4.69, 9.17) is 0 Å². The molecule has 3 atom stereocenters. The van der Waals surface area contributed by atoms with Crippen molar-refractivity contribution in [3.8, 4) is 5.75 Å². The van der Waals surface area contributed by atoms with E-state index >= 15 is 0 Å². The average molecular weight is 396 g/mol. The van der Waals surface area contributed by atoms with Crippen LogP contribution in [0.25, 0.3) is 0 Å². The fourth-order valence-electron chi connectivity index (χ4n) is 4.71. The zero-order valence-electron chi connectivity index (χ0n) is 18.5. The molecule has 1 unspecified atom stereocenters. The van der Waals surface area contributed by atoms with Gasteiger partial charge < -0.3 is 5.11 Å². The van der Waals surface area contributed by atoms with Crippen LogP contribution in [0, 0.1) is 17.8 Å². The molecule has 0 bridgehead atoms. The van der Waals surface area contributed by atoms with E-state index in [0.717, 1.165) is 30.8 Å². The molecule has 2 aliphatic rings. The van der Waals surface area contributed by atoms with Crippen molar-refractivity contribution in [3.63, 3.8) is 0 Å². The highest BCUT2D eigenvalue weighted by atomic mass is 16.3. The summed E-state index contributed by atoms with van der Waals surface area (Å²) in [6.07, 6.45) is 3.78. The van der Waals surface area contributed by atoms with Crippen molar-refractivity contribution in [1.82, 2.24) is 4.90 Å². The Bertz CT molecular complexity index is 712. The fraction of sp³-hybridized carbons (Fsp3) is 0.500. The minimum absolute atomic E-state index is 0.154. The van der Waals surface area contributed by atoms with Crippen LogP contribution in [-0.4, -0.2) is 35.4 Å². The van der Waals surface area contributed by atoms with Gasteiger partial charge in [0.05, 0.1) is 6.54 Å². The van der Waals surface area contributed by atoms with Gasteiger partial charge in [0.1, 0.15) is 5.75 Å². The molecule has 1 heterocycles. The molecule has 1 aliphatic heterocycles. The van der Waals surface area contributed by atoms with Crippen molar-refractivity contribution in [2.75, 3.05) is 19.6 Å². The Balaban J connectivity index is 0.000000707. The molecule has 4 rings (SSSR count). The number of nitrogens with zero attached hydrogens (tertiary/aromatic N) is 1. The smallest absolute Gasteiger partial charge is 0.176 e. The highest BCUT2D eigenvalue weighted by Gasteiger charge is 2.40. The highest BCUT2D eigenvalue weighted by Crippen LogP contribution is 2.42. The van der Waals surface area contributed by atoms with Gasteiger partial charge in [-0.15, -0.1) is 0 Å². The Hall–Kier alpha value is -2.13. The van der Waals surface area contributed by atoms with Crippen LogP contribution < -0.4 is 0 Å². The van der Waals surface area contributed by atoms with Gasteiger partial charge in [0.2, 0.25) is 0 Å². The zero-order valence-corrected chi connectivity index (χ0v) is 18.5. The molecular weight excluding hydrogens is 358 g/mol. The van der Waals surface area contributed by atoms with E-state index in [-0.39, 0.29) is 11.5 Å². The van der Waals surface area contributed by atoms with E-state index in [9.17, 15) is 9.90 Å². The van der Waals surface area contributed by atoms with Crippen LogP contribution in [0.1, 0.15) is 56.5 Å². The number of carbonyl (C=O) groups excluding carboxylic acids is 1. The molecule has 2 fully saturated rings. The molecule has 2 aromatic rings. The van der Waals surface area contributed by atoms with E-state index in [1.165, 1.54) is 24.8 Å². The quantitative estimate of drug-likeness (QED) is 0.648. The van der Waals surface area contributed by atoms with Gasteiger partial charge in [-0.05, 0) is 66.8 Å². The molecule has 1 saturated heterocycles. The highest BCUT2D eigenvalue weighted by molar-refractivity contribution is 5.97. The van der Waals surface area contributed by atoms with Crippen molar-refractivity contribution >= 4 is 5.78 Å². The summed E-state index contributed by atoms with van der Waals surface area (Å²) in [5.41, 5.74) is 2.14. The molecule has 0 aromatic heterocycles. The number of likely N-dealkylation sites (tertiary alicyclic amines) is 1. The minimum Gasteiger partial charge on any atom is -0.508 e. The summed E-state index contributed by atoms with van der Waals surface area (Å²) in [7, 11) is 0. The number of benzene rings is 2. The number of aromatic hydroxyl groups is 1. The molecular formula is C26H37NO2. The fourth-order valence-corrected chi connectivity index (χ4v) is 4.71. The Morgan fingerprint density at radius 3 is 2.00 bits per heavy atom. The molecule has 29 heavy (non-hydrogen) atoms. The molecule has 0 radical (unpaired) electrons. The summed E-state index contributed by atoms with van der Waals surface area (Å²) < 4.78 is 0. The third-order valence-electron chi connectivity index (χ3n) is 5.85. The van der Waals surface area contributed by atoms with Crippen LogP contribution >= 0.6 is 0 Å².